The lowest BCUT2D eigenvalue weighted by Crippen LogP contribution is -2.23. The minimum Gasteiger partial charge on any atom is -0.373 e. The molecule has 30 heavy (non-hydrogen) atoms. The van der Waals surface area contributed by atoms with Gasteiger partial charge in [-0.05, 0) is 24.1 Å². The average molecular weight is 428 g/mol. The highest BCUT2D eigenvalue weighted by molar-refractivity contribution is 6.30. The van der Waals surface area contributed by atoms with E-state index in [1.807, 2.05) is 24.3 Å². The van der Waals surface area contributed by atoms with Crippen LogP contribution in [0.5, 0.6) is 0 Å². The van der Waals surface area contributed by atoms with E-state index in [1.54, 1.807) is 7.05 Å². The summed E-state index contributed by atoms with van der Waals surface area (Å²) < 4.78 is 14.2. The normalized spacial score (nSPS) is 19.0. The van der Waals surface area contributed by atoms with Crippen molar-refractivity contribution in [3.63, 3.8) is 0 Å². The standard InChI is InChI=1S/C19H18ClN7O3/c1-26-15-17(24-19(26)21)22-9-27(18(15)28)7-14-23-16(25-30-14)11-6-13(29-8-11)10-2-4-12(20)5-3-10/h2-5,9,11,13H,6-8H2,1H3,(H2,21,24)/t11-,13+/m0/s1. The van der Waals surface area contributed by atoms with Crippen molar-refractivity contribution in [2.45, 2.75) is 25.0 Å². The summed E-state index contributed by atoms with van der Waals surface area (Å²) >= 11 is 5.95. The van der Waals surface area contributed by atoms with Crippen LogP contribution in [0.4, 0.5) is 5.95 Å². The molecule has 10 nitrogen and oxygen atoms in total. The molecule has 0 bridgehead atoms. The Morgan fingerprint density at radius 1 is 1.27 bits per heavy atom. The van der Waals surface area contributed by atoms with Crippen molar-refractivity contribution in [1.82, 2.24) is 29.2 Å². The Labute approximate surface area is 175 Å². The number of halogens is 1. The molecule has 0 radical (unpaired) electrons. The first-order chi connectivity index (χ1) is 14.5. The van der Waals surface area contributed by atoms with Gasteiger partial charge in [0, 0.05) is 18.0 Å². The molecule has 3 aromatic heterocycles. The Hall–Kier alpha value is -3.24. The van der Waals surface area contributed by atoms with E-state index in [0.717, 1.165) is 12.0 Å². The molecule has 1 saturated heterocycles. The molecule has 0 aliphatic carbocycles. The number of hydrogen-bond acceptors (Lipinski definition) is 8. The lowest BCUT2D eigenvalue weighted by molar-refractivity contribution is 0.110. The lowest BCUT2D eigenvalue weighted by atomic mass is 10.0. The predicted molar refractivity (Wildman–Crippen MR) is 108 cm³/mol. The summed E-state index contributed by atoms with van der Waals surface area (Å²) in [6.45, 7) is 0.599. The third-order valence-corrected chi connectivity index (χ3v) is 5.54. The third kappa shape index (κ3) is 3.23. The topological polar surface area (TPSA) is 127 Å². The molecule has 154 valence electrons. The Morgan fingerprint density at radius 3 is 2.87 bits per heavy atom. The molecular formula is C19H18ClN7O3. The number of aryl methyl sites for hydroxylation is 1. The van der Waals surface area contributed by atoms with Gasteiger partial charge in [0.25, 0.3) is 5.56 Å². The number of nitrogen functional groups attached to an aromatic ring is 1. The fourth-order valence-electron chi connectivity index (χ4n) is 3.62. The minimum absolute atomic E-state index is 0.0115. The van der Waals surface area contributed by atoms with Gasteiger partial charge >= 0.3 is 0 Å². The van der Waals surface area contributed by atoms with Crippen LogP contribution in [0.15, 0.2) is 39.9 Å². The zero-order valence-electron chi connectivity index (χ0n) is 16.0. The molecular weight excluding hydrogens is 410 g/mol. The van der Waals surface area contributed by atoms with E-state index in [1.165, 1.54) is 15.5 Å². The number of hydrogen-bond donors (Lipinski definition) is 1. The quantitative estimate of drug-likeness (QED) is 0.524. The minimum atomic E-state index is -0.279. The van der Waals surface area contributed by atoms with Crippen LogP contribution in [0.1, 0.15) is 35.7 Å². The van der Waals surface area contributed by atoms with Gasteiger partial charge in [-0.2, -0.15) is 9.97 Å². The van der Waals surface area contributed by atoms with Crippen molar-refractivity contribution in [2.75, 3.05) is 12.3 Å². The van der Waals surface area contributed by atoms with Gasteiger partial charge in [-0.3, -0.25) is 9.36 Å². The van der Waals surface area contributed by atoms with Crippen LogP contribution >= 0.6 is 11.6 Å². The predicted octanol–water partition coefficient (Wildman–Crippen LogP) is 2.04. The Bertz CT molecular complexity index is 1280. The monoisotopic (exact) mass is 427 g/mol. The fourth-order valence-corrected chi connectivity index (χ4v) is 3.74. The van der Waals surface area contributed by atoms with Gasteiger partial charge in [-0.25, -0.2) is 4.98 Å². The summed E-state index contributed by atoms with van der Waals surface area (Å²) in [5, 5.41) is 4.78. The Morgan fingerprint density at radius 2 is 2.07 bits per heavy atom. The summed E-state index contributed by atoms with van der Waals surface area (Å²) in [5.41, 5.74) is 7.17. The largest absolute Gasteiger partial charge is 0.373 e. The zero-order chi connectivity index (χ0) is 20.8. The maximum Gasteiger partial charge on any atom is 0.280 e. The molecule has 1 aliphatic rings. The van der Waals surface area contributed by atoms with Gasteiger partial charge in [0.05, 0.1) is 12.7 Å². The molecule has 1 aliphatic heterocycles. The van der Waals surface area contributed by atoms with Crippen LogP contribution in [0.3, 0.4) is 0 Å². The molecule has 1 aromatic carbocycles. The number of ether oxygens (including phenoxy) is 1. The summed E-state index contributed by atoms with van der Waals surface area (Å²) in [5.74, 6) is 1.12. The number of aromatic nitrogens is 6. The molecule has 0 amide bonds. The van der Waals surface area contributed by atoms with Crippen LogP contribution in [0.25, 0.3) is 11.2 Å². The zero-order valence-corrected chi connectivity index (χ0v) is 16.8. The number of imidazole rings is 1. The fraction of sp³-hybridized carbons (Fsp3) is 0.316. The Balaban J connectivity index is 1.33. The van der Waals surface area contributed by atoms with Crippen LogP contribution in [-0.4, -0.2) is 35.8 Å². The summed E-state index contributed by atoms with van der Waals surface area (Å²) in [4.78, 5) is 25.5. The second-order valence-electron chi connectivity index (χ2n) is 7.23. The van der Waals surface area contributed by atoms with E-state index in [0.29, 0.717) is 34.5 Å². The molecule has 2 N–H and O–H groups in total. The van der Waals surface area contributed by atoms with E-state index >= 15 is 0 Å². The molecule has 4 aromatic rings. The van der Waals surface area contributed by atoms with E-state index in [4.69, 9.17) is 26.6 Å². The van der Waals surface area contributed by atoms with Gasteiger partial charge in [0.2, 0.25) is 11.8 Å². The second kappa shape index (κ2) is 7.22. The van der Waals surface area contributed by atoms with Crippen molar-refractivity contribution in [1.29, 1.82) is 0 Å². The van der Waals surface area contributed by atoms with Crippen molar-refractivity contribution < 1.29 is 9.26 Å². The van der Waals surface area contributed by atoms with E-state index in [-0.39, 0.29) is 30.1 Å². The highest BCUT2D eigenvalue weighted by Gasteiger charge is 2.31. The van der Waals surface area contributed by atoms with Gasteiger partial charge in [0.1, 0.15) is 12.9 Å². The van der Waals surface area contributed by atoms with Gasteiger partial charge in [0.15, 0.2) is 17.0 Å². The average Bonchev–Trinajstić information content (AvgIpc) is 3.45. The second-order valence-corrected chi connectivity index (χ2v) is 7.67. The van der Waals surface area contributed by atoms with Crippen LogP contribution in [0, 0.1) is 0 Å². The van der Waals surface area contributed by atoms with Crippen molar-refractivity contribution >= 4 is 28.7 Å². The molecule has 2 atom stereocenters. The summed E-state index contributed by atoms with van der Waals surface area (Å²) in [7, 11) is 1.67. The third-order valence-electron chi connectivity index (χ3n) is 5.29. The SMILES string of the molecule is Cn1c(N)nc2ncn(Cc3nc([C@@H]4CO[C@@H](c5ccc(Cl)cc5)C4)no3)c(=O)c21. The number of anilines is 1. The van der Waals surface area contributed by atoms with E-state index in [2.05, 4.69) is 20.1 Å². The smallest absolute Gasteiger partial charge is 0.280 e. The molecule has 0 spiro atoms. The number of rotatable bonds is 4. The van der Waals surface area contributed by atoms with Gasteiger partial charge in [-0.1, -0.05) is 28.9 Å². The van der Waals surface area contributed by atoms with Gasteiger partial charge < -0.3 is 19.6 Å². The van der Waals surface area contributed by atoms with Crippen molar-refractivity contribution in [3.05, 3.63) is 63.2 Å². The van der Waals surface area contributed by atoms with Crippen molar-refractivity contribution in [3.8, 4) is 0 Å². The molecule has 5 rings (SSSR count). The molecule has 11 heteroatoms. The molecule has 0 saturated carbocycles. The molecule has 4 heterocycles. The number of benzene rings is 1. The first-order valence-electron chi connectivity index (χ1n) is 9.36. The lowest BCUT2D eigenvalue weighted by Gasteiger charge is -2.09. The Kier molecular flexibility index (Phi) is 4.52. The first-order valence-corrected chi connectivity index (χ1v) is 9.74. The highest BCUT2D eigenvalue weighted by Crippen LogP contribution is 2.37. The number of fused-ring (bicyclic) bond motifs is 1. The van der Waals surface area contributed by atoms with E-state index in [9.17, 15) is 4.79 Å². The van der Waals surface area contributed by atoms with Crippen molar-refractivity contribution in [2.24, 2.45) is 7.05 Å². The first kappa shape index (κ1) is 18.8. The van der Waals surface area contributed by atoms with Crippen LogP contribution < -0.4 is 11.3 Å². The molecule has 0 unspecified atom stereocenters. The van der Waals surface area contributed by atoms with Crippen LogP contribution in [-0.2, 0) is 18.3 Å². The maximum absolute atomic E-state index is 12.7. The number of nitrogens with two attached hydrogens (primary N) is 1. The maximum atomic E-state index is 12.7. The number of nitrogens with zero attached hydrogens (tertiary/aromatic N) is 6. The summed E-state index contributed by atoms with van der Waals surface area (Å²) in [6, 6.07) is 7.60. The highest BCUT2D eigenvalue weighted by atomic mass is 35.5. The van der Waals surface area contributed by atoms with E-state index < -0.39 is 0 Å². The van der Waals surface area contributed by atoms with Crippen LogP contribution in [0.2, 0.25) is 5.02 Å². The summed E-state index contributed by atoms with van der Waals surface area (Å²) in [6.07, 6.45) is 2.09. The molecule has 1 fully saturated rings. The van der Waals surface area contributed by atoms with Gasteiger partial charge in [-0.15, -0.1) is 0 Å².